The quantitative estimate of drug-likeness (QED) is 0.651. The van der Waals surface area contributed by atoms with Gasteiger partial charge in [-0.05, 0) is 13.8 Å². The molecule has 0 aromatic heterocycles. The minimum absolute atomic E-state index is 0.0715. The van der Waals surface area contributed by atoms with Crippen LogP contribution in [0, 0.1) is 0 Å². The Hall–Kier alpha value is -0.610. The fourth-order valence-electron chi connectivity index (χ4n) is 1.21. The highest BCUT2D eigenvalue weighted by atomic mass is 16.5. The van der Waals surface area contributed by atoms with Crippen molar-refractivity contribution in [2.75, 3.05) is 26.7 Å². The van der Waals surface area contributed by atoms with Crippen molar-refractivity contribution in [2.24, 2.45) is 0 Å². The molecule has 13 heavy (non-hydrogen) atoms. The van der Waals surface area contributed by atoms with Gasteiger partial charge < -0.3 is 15.0 Å². The third kappa shape index (κ3) is 2.67. The SMILES string of the molecule is CC(C)N(C)C(=O)[C@@H]1CNCCO1. The minimum atomic E-state index is -0.291. The van der Waals surface area contributed by atoms with Crippen molar-refractivity contribution < 1.29 is 9.53 Å². The van der Waals surface area contributed by atoms with E-state index in [4.69, 9.17) is 4.74 Å². The summed E-state index contributed by atoms with van der Waals surface area (Å²) in [4.78, 5) is 13.4. The number of hydrogen-bond acceptors (Lipinski definition) is 3. The smallest absolute Gasteiger partial charge is 0.253 e. The largest absolute Gasteiger partial charge is 0.366 e. The molecule has 76 valence electrons. The number of carbonyl (C=O) groups excluding carboxylic acids is 1. The Morgan fingerprint density at radius 2 is 2.31 bits per heavy atom. The highest BCUT2D eigenvalue weighted by Gasteiger charge is 2.25. The van der Waals surface area contributed by atoms with Crippen LogP contribution in [0.4, 0.5) is 0 Å². The van der Waals surface area contributed by atoms with Crippen LogP contribution in [0.15, 0.2) is 0 Å². The first-order valence-electron chi connectivity index (χ1n) is 4.72. The first kappa shape index (κ1) is 10.5. The molecule has 1 heterocycles. The Balaban J connectivity index is 2.45. The van der Waals surface area contributed by atoms with E-state index in [0.717, 1.165) is 6.54 Å². The molecule has 0 unspecified atom stereocenters. The summed E-state index contributed by atoms with van der Waals surface area (Å²) < 4.78 is 5.36. The molecule has 1 atom stereocenters. The first-order chi connectivity index (χ1) is 6.13. The van der Waals surface area contributed by atoms with Gasteiger partial charge in [-0.1, -0.05) is 0 Å². The van der Waals surface area contributed by atoms with E-state index in [1.807, 2.05) is 20.9 Å². The summed E-state index contributed by atoms with van der Waals surface area (Å²) in [6, 6.07) is 0.234. The molecule has 1 saturated heterocycles. The summed E-state index contributed by atoms with van der Waals surface area (Å²) in [5.74, 6) is 0.0715. The van der Waals surface area contributed by atoms with Crippen molar-refractivity contribution in [1.82, 2.24) is 10.2 Å². The van der Waals surface area contributed by atoms with Crippen LogP contribution in [-0.4, -0.2) is 49.7 Å². The Kier molecular flexibility index (Phi) is 3.69. The van der Waals surface area contributed by atoms with Gasteiger partial charge in [-0.3, -0.25) is 4.79 Å². The van der Waals surface area contributed by atoms with E-state index in [9.17, 15) is 4.79 Å². The summed E-state index contributed by atoms with van der Waals surface area (Å²) in [6.45, 7) is 6.09. The summed E-state index contributed by atoms with van der Waals surface area (Å²) in [6.07, 6.45) is -0.291. The van der Waals surface area contributed by atoms with E-state index in [2.05, 4.69) is 5.32 Å². The van der Waals surface area contributed by atoms with Crippen molar-refractivity contribution in [3.05, 3.63) is 0 Å². The maximum absolute atomic E-state index is 11.7. The number of likely N-dealkylation sites (N-methyl/N-ethyl adjacent to an activating group) is 1. The fraction of sp³-hybridized carbons (Fsp3) is 0.889. The third-order valence-electron chi connectivity index (χ3n) is 2.33. The van der Waals surface area contributed by atoms with Crippen molar-refractivity contribution in [2.45, 2.75) is 26.0 Å². The molecule has 0 saturated carbocycles. The van der Waals surface area contributed by atoms with E-state index >= 15 is 0 Å². The number of rotatable bonds is 2. The second-order valence-corrected chi connectivity index (χ2v) is 3.61. The monoisotopic (exact) mass is 186 g/mol. The van der Waals surface area contributed by atoms with E-state index in [-0.39, 0.29) is 18.1 Å². The molecule has 1 rings (SSSR count). The van der Waals surface area contributed by atoms with Crippen molar-refractivity contribution in [3.8, 4) is 0 Å². The summed E-state index contributed by atoms with van der Waals surface area (Å²) in [7, 11) is 1.81. The number of ether oxygens (including phenoxy) is 1. The molecule has 0 spiro atoms. The zero-order valence-corrected chi connectivity index (χ0v) is 8.54. The number of nitrogens with one attached hydrogen (secondary N) is 1. The van der Waals surface area contributed by atoms with Gasteiger partial charge in [-0.2, -0.15) is 0 Å². The van der Waals surface area contributed by atoms with E-state index < -0.39 is 0 Å². The van der Waals surface area contributed by atoms with Gasteiger partial charge in [0.2, 0.25) is 0 Å². The number of hydrogen-bond donors (Lipinski definition) is 1. The number of morpholine rings is 1. The van der Waals surface area contributed by atoms with Crippen LogP contribution in [0.5, 0.6) is 0 Å². The highest BCUT2D eigenvalue weighted by molar-refractivity contribution is 5.81. The molecule has 0 aliphatic carbocycles. The van der Waals surface area contributed by atoms with Crippen molar-refractivity contribution in [1.29, 1.82) is 0 Å². The lowest BCUT2D eigenvalue weighted by atomic mass is 10.2. The van der Waals surface area contributed by atoms with Crippen LogP contribution in [0.25, 0.3) is 0 Å². The predicted molar refractivity (Wildman–Crippen MR) is 50.5 cm³/mol. The molecule has 1 amide bonds. The molecule has 0 aromatic carbocycles. The van der Waals surface area contributed by atoms with Crippen LogP contribution in [-0.2, 0) is 9.53 Å². The number of carbonyl (C=O) groups is 1. The van der Waals surface area contributed by atoms with Gasteiger partial charge in [-0.25, -0.2) is 0 Å². The first-order valence-corrected chi connectivity index (χ1v) is 4.72. The van der Waals surface area contributed by atoms with Gasteiger partial charge in [0.1, 0.15) is 6.10 Å². The molecule has 0 aromatic rings. The van der Waals surface area contributed by atoms with Crippen LogP contribution in [0.3, 0.4) is 0 Å². The average molecular weight is 186 g/mol. The topological polar surface area (TPSA) is 41.6 Å². The number of amides is 1. The van der Waals surface area contributed by atoms with E-state index in [1.165, 1.54) is 0 Å². The van der Waals surface area contributed by atoms with Gasteiger partial charge in [-0.15, -0.1) is 0 Å². The van der Waals surface area contributed by atoms with Gasteiger partial charge in [0.25, 0.3) is 5.91 Å². The molecular formula is C9H18N2O2. The van der Waals surface area contributed by atoms with Crippen LogP contribution in [0.1, 0.15) is 13.8 Å². The molecular weight excluding hydrogens is 168 g/mol. The predicted octanol–water partition coefficient (Wildman–Crippen LogP) is -0.158. The molecule has 1 fully saturated rings. The lowest BCUT2D eigenvalue weighted by molar-refractivity contribution is -0.145. The van der Waals surface area contributed by atoms with Crippen LogP contribution >= 0.6 is 0 Å². The minimum Gasteiger partial charge on any atom is -0.366 e. The molecule has 4 heteroatoms. The Bertz CT molecular complexity index is 176. The van der Waals surface area contributed by atoms with Gasteiger partial charge in [0.05, 0.1) is 6.61 Å². The third-order valence-corrected chi connectivity index (χ3v) is 2.33. The maximum atomic E-state index is 11.7. The maximum Gasteiger partial charge on any atom is 0.253 e. The van der Waals surface area contributed by atoms with Crippen LogP contribution < -0.4 is 5.32 Å². The lowest BCUT2D eigenvalue weighted by Crippen LogP contribution is -2.49. The molecule has 1 aliphatic rings. The lowest BCUT2D eigenvalue weighted by Gasteiger charge is -2.29. The molecule has 1 aliphatic heterocycles. The Morgan fingerprint density at radius 1 is 1.62 bits per heavy atom. The van der Waals surface area contributed by atoms with Gasteiger partial charge in [0.15, 0.2) is 0 Å². The second-order valence-electron chi connectivity index (χ2n) is 3.61. The van der Waals surface area contributed by atoms with Gasteiger partial charge >= 0.3 is 0 Å². The molecule has 0 radical (unpaired) electrons. The van der Waals surface area contributed by atoms with E-state index in [1.54, 1.807) is 4.90 Å². The van der Waals surface area contributed by atoms with E-state index in [0.29, 0.717) is 13.2 Å². The van der Waals surface area contributed by atoms with Crippen LogP contribution in [0.2, 0.25) is 0 Å². The normalized spacial score (nSPS) is 23.2. The Morgan fingerprint density at radius 3 is 2.77 bits per heavy atom. The summed E-state index contributed by atoms with van der Waals surface area (Å²) in [5, 5.41) is 3.14. The zero-order valence-electron chi connectivity index (χ0n) is 8.54. The molecule has 1 N–H and O–H groups in total. The standard InChI is InChI=1S/C9H18N2O2/c1-7(2)11(3)9(12)8-6-10-4-5-13-8/h7-8,10H,4-6H2,1-3H3/t8-/m0/s1. The van der Waals surface area contributed by atoms with Crippen molar-refractivity contribution >= 4 is 5.91 Å². The van der Waals surface area contributed by atoms with Crippen molar-refractivity contribution in [3.63, 3.8) is 0 Å². The van der Waals surface area contributed by atoms with Gasteiger partial charge in [0, 0.05) is 26.2 Å². The Labute approximate surface area is 79.2 Å². The number of nitrogens with zero attached hydrogens (tertiary/aromatic N) is 1. The molecule has 4 nitrogen and oxygen atoms in total. The summed E-state index contributed by atoms with van der Waals surface area (Å²) in [5.41, 5.74) is 0. The highest BCUT2D eigenvalue weighted by Crippen LogP contribution is 2.03. The average Bonchev–Trinajstić information content (AvgIpc) is 2.17. The fourth-order valence-corrected chi connectivity index (χ4v) is 1.21. The molecule has 0 bridgehead atoms. The summed E-state index contributed by atoms with van der Waals surface area (Å²) >= 11 is 0. The zero-order chi connectivity index (χ0) is 9.84. The second kappa shape index (κ2) is 4.58.